The van der Waals surface area contributed by atoms with Crippen molar-refractivity contribution in [3.63, 3.8) is 0 Å². The van der Waals surface area contributed by atoms with Crippen molar-refractivity contribution in [1.82, 2.24) is 8.87 Å². The molecule has 1 aliphatic carbocycles. The lowest BCUT2D eigenvalue weighted by Crippen LogP contribution is -2.37. The molecule has 1 unspecified atom stereocenters. The highest BCUT2D eigenvalue weighted by Crippen LogP contribution is 2.39. The number of hydrogen-bond acceptors (Lipinski definition) is 5. The van der Waals surface area contributed by atoms with Gasteiger partial charge in [-0.15, -0.1) is 0 Å². The minimum absolute atomic E-state index is 0.114. The Balaban J connectivity index is 1.63. The molecule has 1 saturated heterocycles. The van der Waals surface area contributed by atoms with Crippen LogP contribution in [0.25, 0.3) is 0 Å². The quantitative estimate of drug-likeness (QED) is 0.560. The van der Waals surface area contributed by atoms with E-state index in [1.54, 1.807) is 6.92 Å². The van der Waals surface area contributed by atoms with Crippen molar-refractivity contribution in [3.05, 3.63) is 52.3 Å². The Hall–Kier alpha value is -2.29. The van der Waals surface area contributed by atoms with Crippen molar-refractivity contribution in [2.45, 2.75) is 58.4 Å². The van der Waals surface area contributed by atoms with Gasteiger partial charge in [-0.25, -0.2) is 8.51 Å². The average molecular weight is 487 g/mol. The highest BCUT2D eigenvalue weighted by atomic mass is 32.2. The van der Waals surface area contributed by atoms with E-state index in [0.29, 0.717) is 45.8 Å². The molecular formula is C26H34N2O5S. The molecule has 1 aromatic carbocycles. The number of morpholine rings is 1. The molecule has 8 heteroatoms. The summed E-state index contributed by atoms with van der Waals surface area (Å²) in [4.78, 5) is 26.3. The van der Waals surface area contributed by atoms with E-state index in [-0.39, 0.29) is 23.7 Å². The molecule has 2 aliphatic rings. The van der Waals surface area contributed by atoms with Gasteiger partial charge in [-0.1, -0.05) is 26.0 Å². The monoisotopic (exact) mass is 486 g/mol. The number of rotatable bonds is 7. The molecule has 184 valence electrons. The first-order valence-electron chi connectivity index (χ1n) is 11.9. The molecule has 4 rings (SSSR count). The zero-order valence-corrected chi connectivity index (χ0v) is 21.3. The SMILES string of the molecule is CCOC(=O)Cn1c(C)c(Cc2ccc(S(=O)N3CCOCC3)cc2)c2c1CC(C)(C)CC2=O. The summed E-state index contributed by atoms with van der Waals surface area (Å²) in [5, 5.41) is 0. The summed E-state index contributed by atoms with van der Waals surface area (Å²) >= 11 is 0. The number of ether oxygens (including phenoxy) is 2. The molecule has 1 atom stereocenters. The molecule has 0 saturated carbocycles. The van der Waals surface area contributed by atoms with Crippen molar-refractivity contribution in [2.75, 3.05) is 32.9 Å². The van der Waals surface area contributed by atoms with Crippen LogP contribution in [0.4, 0.5) is 0 Å². The topological polar surface area (TPSA) is 77.8 Å². The molecule has 2 heterocycles. The Morgan fingerprint density at radius 1 is 1.15 bits per heavy atom. The van der Waals surface area contributed by atoms with Crippen LogP contribution in [0.15, 0.2) is 29.2 Å². The number of aromatic nitrogens is 1. The fourth-order valence-electron chi connectivity index (χ4n) is 4.96. The third-order valence-electron chi connectivity index (χ3n) is 6.62. The predicted molar refractivity (Wildman–Crippen MR) is 130 cm³/mol. The Morgan fingerprint density at radius 2 is 1.82 bits per heavy atom. The van der Waals surface area contributed by atoms with Crippen LogP contribution in [-0.4, -0.2) is 57.7 Å². The van der Waals surface area contributed by atoms with Crippen LogP contribution in [-0.2, 0) is 44.6 Å². The summed E-state index contributed by atoms with van der Waals surface area (Å²) in [6.45, 7) is 10.9. The van der Waals surface area contributed by atoms with Crippen LogP contribution in [0.3, 0.4) is 0 Å². The third-order valence-corrected chi connectivity index (χ3v) is 8.13. The second kappa shape index (κ2) is 10.1. The first kappa shape index (κ1) is 24.8. The van der Waals surface area contributed by atoms with Crippen molar-refractivity contribution in [1.29, 1.82) is 0 Å². The number of ketones is 1. The van der Waals surface area contributed by atoms with E-state index in [4.69, 9.17) is 9.47 Å². The second-order valence-corrected chi connectivity index (χ2v) is 11.3. The molecule has 0 N–H and O–H groups in total. The zero-order chi connectivity index (χ0) is 24.5. The standard InChI is InChI=1S/C26H34N2O5S/c1-5-33-24(30)17-28-18(2)21(25-22(28)15-26(3,4)16-23(25)29)14-19-6-8-20(9-7-19)34(31)27-10-12-32-13-11-27/h6-9H,5,10-17H2,1-4H3. The number of hydrogen-bond donors (Lipinski definition) is 0. The summed E-state index contributed by atoms with van der Waals surface area (Å²) in [7, 11) is -1.21. The molecule has 0 radical (unpaired) electrons. The fourth-order valence-corrected chi connectivity index (χ4v) is 6.11. The van der Waals surface area contributed by atoms with Crippen molar-refractivity contribution in [3.8, 4) is 0 Å². The first-order chi connectivity index (χ1) is 16.2. The van der Waals surface area contributed by atoms with E-state index in [1.165, 1.54) is 0 Å². The van der Waals surface area contributed by atoms with Crippen LogP contribution in [0.5, 0.6) is 0 Å². The highest BCUT2D eigenvalue weighted by molar-refractivity contribution is 7.82. The van der Waals surface area contributed by atoms with E-state index >= 15 is 0 Å². The van der Waals surface area contributed by atoms with E-state index < -0.39 is 11.0 Å². The summed E-state index contributed by atoms with van der Waals surface area (Å²) in [6.07, 6.45) is 1.82. The number of nitrogens with zero attached hydrogens (tertiary/aromatic N) is 2. The smallest absolute Gasteiger partial charge is 0.325 e. The minimum atomic E-state index is -1.21. The fraction of sp³-hybridized carbons (Fsp3) is 0.538. The van der Waals surface area contributed by atoms with Gasteiger partial charge in [0.2, 0.25) is 0 Å². The number of benzene rings is 1. The third kappa shape index (κ3) is 5.19. The molecule has 34 heavy (non-hydrogen) atoms. The van der Waals surface area contributed by atoms with Gasteiger partial charge < -0.3 is 14.0 Å². The van der Waals surface area contributed by atoms with Crippen molar-refractivity contribution >= 4 is 22.7 Å². The number of esters is 1. The zero-order valence-electron chi connectivity index (χ0n) is 20.5. The van der Waals surface area contributed by atoms with Crippen LogP contribution in [0, 0.1) is 12.3 Å². The van der Waals surface area contributed by atoms with Crippen molar-refractivity contribution in [2.24, 2.45) is 5.41 Å². The second-order valence-electron chi connectivity index (χ2n) is 9.83. The molecule has 1 aromatic heterocycles. The molecule has 1 aliphatic heterocycles. The molecule has 7 nitrogen and oxygen atoms in total. The minimum Gasteiger partial charge on any atom is -0.465 e. The maximum absolute atomic E-state index is 13.2. The number of carbonyl (C=O) groups excluding carboxylic acids is 2. The van der Waals surface area contributed by atoms with Gasteiger partial charge in [0.25, 0.3) is 0 Å². The van der Waals surface area contributed by atoms with Gasteiger partial charge in [-0.2, -0.15) is 0 Å². The maximum atomic E-state index is 13.2. The Bertz CT molecular complexity index is 1100. The van der Waals surface area contributed by atoms with Crippen LogP contribution < -0.4 is 0 Å². The summed E-state index contributed by atoms with van der Waals surface area (Å²) in [6, 6.07) is 7.78. The number of carbonyl (C=O) groups is 2. The van der Waals surface area contributed by atoms with Gasteiger partial charge in [0.15, 0.2) is 5.78 Å². The van der Waals surface area contributed by atoms with Crippen LogP contribution in [0.1, 0.15) is 60.1 Å². The molecule has 0 bridgehead atoms. The van der Waals surface area contributed by atoms with Gasteiger partial charge in [0.1, 0.15) is 17.5 Å². The van der Waals surface area contributed by atoms with Gasteiger partial charge in [-0.3, -0.25) is 9.59 Å². The number of Topliss-reactive ketones (excluding diaryl/α,β-unsaturated/α-hetero) is 1. The van der Waals surface area contributed by atoms with Crippen LogP contribution >= 0.6 is 0 Å². The van der Waals surface area contributed by atoms with Gasteiger partial charge in [-0.05, 0) is 55.4 Å². The maximum Gasteiger partial charge on any atom is 0.325 e. The van der Waals surface area contributed by atoms with Gasteiger partial charge >= 0.3 is 5.97 Å². The van der Waals surface area contributed by atoms with E-state index in [9.17, 15) is 13.8 Å². The first-order valence-corrected chi connectivity index (χ1v) is 13.0. The Labute approximate surface area is 204 Å². The van der Waals surface area contributed by atoms with E-state index in [1.807, 2.05) is 40.1 Å². The highest BCUT2D eigenvalue weighted by Gasteiger charge is 2.37. The lowest BCUT2D eigenvalue weighted by molar-refractivity contribution is -0.143. The number of fused-ring (bicyclic) bond motifs is 1. The Morgan fingerprint density at radius 3 is 2.47 bits per heavy atom. The average Bonchev–Trinajstić information content (AvgIpc) is 3.04. The molecular weight excluding hydrogens is 452 g/mol. The van der Waals surface area contributed by atoms with E-state index in [2.05, 4.69) is 13.8 Å². The van der Waals surface area contributed by atoms with Gasteiger partial charge in [0.05, 0.1) is 24.7 Å². The lowest BCUT2D eigenvalue weighted by atomic mass is 9.75. The molecule has 1 fully saturated rings. The normalized spacial score (nSPS) is 19.0. The van der Waals surface area contributed by atoms with Gasteiger partial charge in [0, 0.05) is 36.5 Å². The molecule has 0 spiro atoms. The lowest BCUT2D eigenvalue weighted by Gasteiger charge is -2.30. The van der Waals surface area contributed by atoms with Crippen LogP contribution in [0.2, 0.25) is 0 Å². The van der Waals surface area contributed by atoms with Crippen molar-refractivity contribution < 1.29 is 23.3 Å². The predicted octanol–water partition coefficient (Wildman–Crippen LogP) is 3.46. The molecule has 0 amide bonds. The summed E-state index contributed by atoms with van der Waals surface area (Å²) in [5.41, 5.74) is 4.50. The Kier molecular flexibility index (Phi) is 7.40. The van der Waals surface area contributed by atoms with E-state index in [0.717, 1.165) is 39.4 Å². The summed E-state index contributed by atoms with van der Waals surface area (Å²) in [5.74, 6) is -0.155. The largest absolute Gasteiger partial charge is 0.465 e. The molecule has 2 aromatic rings. The summed E-state index contributed by atoms with van der Waals surface area (Å²) < 4.78 is 27.3.